The van der Waals surface area contributed by atoms with E-state index in [0.29, 0.717) is 0 Å². The fraction of sp³-hybridized carbons (Fsp3) is 0.286. The van der Waals surface area contributed by atoms with Crippen LogP contribution in [-0.4, -0.2) is 7.11 Å². The Morgan fingerprint density at radius 1 is 1.18 bits per heavy atom. The summed E-state index contributed by atoms with van der Waals surface area (Å²) in [7, 11) is 1.69. The van der Waals surface area contributed by atoms with Gasteiger partial charge in [0.15, 0.2) is 0 Å². The number of hydrogen-bond donors (Lipinski definition) is 1. The number of nitrogens with one attached hydrogen (secondary N) is 1. The Morgan fingerprint density at radius 2 is 2.00 bits per heavy atom. The summed E-state index contributed by atoms with van der Waals surface area (Å²) < 4.78 is 10.2. The first kappa shape index (κ1) is 11.7. The lowest BCUT2D eigenvalue weighted by atomic mass is 10.1. The third kappa shape index (κ3) is 3.11. The molecule has 0 aliphatic rings. The van der Waals surface area contributed by atoms with Crippen molar-refractivity contribution in [1.29, 1.82) is 0 Å². The monoisotopic (exact) mass is 231 g/mol. The smallest absolute Gasteiger partial charge is 0.121 e. The van der Waals surface area contributed by atoms with Crippen molar-refractivity contribution in [2.45, 2.75) is 20.0 Å². The van der Waals surface area contributed by atoms with Crippen LogP contribution >= 0.6 is 0 Å². The maximum Gasteiger partial charge on any atom is 0.121 e. The molecule has 0 spiro atoms. The highest BCUT2D eigenvalue weighted by Crippen LogP contribution is 2.18. The molecule has 0 saturated heterocycles. The summed E-state index contributed by atoms with van der Waals surface area (Å²) in [6.45, 7) is 3.72. The Bertz CT molecular complexity index is 463. The molecular weight excluding hydrogens is 214 g/mol. The fourth-order valence-electron chi connectivity index (χ4n) is 1.79. The van der Waals surface area contributed by atoms with Crippen molar-refractivity contribution in [2.24, 2.45) is 0 Å². The molecule has 90 valence electrons. The van der Waals surface area contributed by atoms with E-state index < -0.39 is 0 Å². The Morgan fingerprint density at radius 3 is 2.65 bits per heavy atom. The Kier molecular flexibility index (Phi) is 3.83. The largest absolute Gasteiger partial charge is 0.496 e. The summed E-state index contributed by atoms with van der Waals surface area (Å²) in [5.41, 5.74) is 3.58. The molecule has 0 atom stereocenters. The first-order valence-corrected chi connectivity index (χ1v) is 5.65. The molecule has 0 unspecified atom stereocenters. The first-order valence-electron chi connectivity index (χ1n) is 5.65. The Balaban J connectivity index is 1.89. The van der Waals surface area contributed by atoms with E-state index in [1.54, 1.807) is 19.6 Å². The highest BCUT2D eigenvalue weighted by molar-refractivity contribution is 5.36. The summed E-state index contributed by atoms with van der Waals surface area (Å²) in [5, 5.41) is 3.37. The number of rotatable bonds is 5. The molecule has 3 heteroatoms. The second-order valence-corrected chi connectivity index (χ2v) is 4.04. The van der Waals surface area contributed by atoms with Gasteiger partial charge in [0.05, 0.1) is 19.6 Å². The summed E-state index contributed by atoms with van der Waals surface area (Å²) in [5.74, 6) is 0.934. The van der Waals surface area contributed by atoms with E-state index in [0.717, 1.165) is 30.0 Å². The molecular formula is C14H17NO2. The van der Waals surface area contributed by atoms with Crippen LogP contribution in [0.15, 0.2) is 41.2 Å². The average molecular weight is 231 g/mol. The van der Waals surface area contributed by atoms with Gasteiger partial charge in [0.2, 0.25) is 0 Å². The lowest BCUT2D eigenvalue weighted by Gasteiger charge is -2.08. The molecule has 0 bridgehead atoms. The van der Waals surface area contributed by atoms with Gasteiger partial charge >= 0.3 is 0 Å². The van der Waals surface area contributed by atoms with Gasteiger partial charge in [0.25, 0.3) is 0 Å². The van der Waals surface area contributed by atoms with Crippen LogP contribution in [0.1, 0.15) is 16.7 Å². The second-order valence-electron chi connectivity index (χ2n) is 4.04. The van der Waals surface area contributed by atoms with E-state index in [1.165, 1.54) is 5.56 Å². The van der Waals surface area contributed by atoms with Gasteiger partial charge in [0, 0.05) is 18.7 Å². The summed E-state index contributed by atoms with van der Waals surface area (Å²) in [6, 6.07) is 8.19. The maximum atomic E-state index is 5.23. The van der Waals surface area contributed by atoms with Crippen molar-refractivity contribution >= 4 is 0 Å². The molecule has 0 aliphatic heterocycles. The average Bonchev–Trinajstić information content (AvgIpc) is 2.82. The van der Waals surface area contributed by atoms with E-state index in [-0.39, 0.29) is 0 Å². The van der Waals surface area contributed by atoms with Crippen LogP contribution < -0.4 is 10.1 Å². The zero-order chi connectivity index (χ0) is 12.1. The first-order chi connectivity index (χ1) is 8.29. The molecule has 2 rings (SSSR count). The van der Waals surface area contributed by atoms with Crippen molar-refractivity contribution in [3.63, 3.8) is 0 Å². The van der Waals surface area contributed by atoms with E-state index in [4.69, 9.17) is 9.15 Å². The third-order valence-electron chi connectivity index (χ3n) is 2.70. The molecule has 0 amide bonds. The van der Waals surface area contributed by atoms with Crippen molar-refractivity contribution < 1.29 is 9.15 Å². The number of aryl methyl sites for hydroxylation is 1. The third-order valence-corrected chi connectivity index (χ3v) is 2.70. The standard InChI is InChI=1S/C14H17NO2/c1-11-7-12(3-4-14(11)16-2)8-15-9-13-5-6-17-10-13/h3-7,10,15H,8-9H2,1-2H3. The Labute approximate surface area is 101 Å². The number of methoxy groups -OCH3 is 1. The van der Waals surface area contributed by atoms with Gasteiger partial charge in [-0.05, 0) is 30.2 Å². The van der Waals surface area contributed by atoms with Crippen LogP contribution in [0.5, 0.6) is 5.75 Å². The van der Waals surface area contributed by atoms with Gasteiger partial charge in [-0.15, -0.1) is 0 Å². The second kappa shape index (κ2) is 5.55. The highest BCUT2D eigenvalue weighted by Gasteiger charge is 2.00. The van der Waals surface area contributed by atoms with Gasteiger partial charge in [-0.2, -0.15) is 0 Å². The van der Waals surface area contributed by atoms with Crippen molar-refractivity contribution in [1.82, 2.24) is 5.32 Å². The quantitative estimate of drug-likeness (QED) is 0.859. The van der Waals surface area contributed by atoms with Crippen molar-refractivity contribution in [3.05, 3.63) is 53.5 Å². The molecule has 2 aromatic rings. The molecule has 3 nitrogen and oxygen atoms in total. The zero-order valence-electron chi connectivity index (χ0n) is 10.2. The number of furan rings is 1. The zero-order valence-corrected chi connectivity index (χ0v) is 10.2. The summed E-state index contributed by atoms with van der Waals surface area (Å²) in [4.78, 5) is 0. The highest BCUT2D eigenvalue weighted by atomic mass is 16.5. The van der Waals surface area contributed by atoms with Crippen LogP contribution in [-0.2, 0) is 13.1 Å². The topological polar surface area (TPSA) is 34.4 Å². The number of ether oxygens (including phenoxy) is 1. The van der Waals surface area contributed by atoms with Crippen LogP contribution in [0.2, 0.25) is 0 Å². The van der Waals surface area contributed by atoms with Crippen molar-refractivity contribution in [3.8, 4) is 5.75 Å². The molecule has 0 radical (unpaired) electrons. The molecule has 0 saturated carbocycles. The molecule has 17 heavy (non-hydrogen) atoms. The van der Waals surface area contributed by atoms with E-state index in [1.807, 2.05) is 12.1 Å². The fourth-order valence-corrected chi connectivity index (χ4v) is 1.79. The molecule has 0 fully saturated rings. The number of benzene rings is 1. The minimum absolute atomic E-state index is 0.821. The van der Waals surface area contributed by atoms with Gasteiger partial charge in [-0.3, -0.25) is 0 Å². The molecule has 0 aliphatic carbocycles. The van der Waals surface area contributed by atoms with Crippen LogP contribution in [0.25, 0.3) is 0 Å². The maximum absolute atomic E-state index is 5.23. The predicted molar refractivity (Wildman–Crippen MR) is 67.0 cm³/mol. The van der Waals surface area contributed by atoms with Crippen LogP contribution in [0.4, 0.5) is 0 Å². The number of hydrogen-bond acceptors (Lipinski definition) is 3. The lowest BCUT2D eigenvalue weighted by Crippen LogP contribution is -2.12. The predicted octanol–water partition coefficient (Wildman–Crippen LogP) is 2.89. The van der Waals surface area contributed by atoms with Crippen LogP contribution in [0, 0.1) is 6.92 Å². The SMILES string of the molecule is COc1ccc(CNCc2ccoc2)cc1C. The minimum Gasteiger partial charge on any atom is -0.496 e. The molecule has 1 aromatic carbocycles. The van der Waals surface area contributed by atoms with Crippen molar-refractivity contribution in [2.75, 3.05) is 7.11 Å². The van der Waals surface area contributed by atoms with E-state index >= 15 is 0 Å². The van der Waals surface area contributed by atoms with E-state index in [2.05, 4.69) is 24.4 Å². The molecule has 1 N–H and O–H groups in total. The minimum atomic E-state index is 0.821. The van der Waals surface area contributed by atoms with E-state index in [9.17, 15) is 0 Å². The lowest BCUT2D eigenvalue weighted by molar-refractivity contribution is 0.411. The van der Waals surface area contributed by atoms with Gasteiger partial charge in [-0.25, -0.2) is 0 Å². The normalized spacial score (nSPS) is 10.5. The molecule has 1 heterocycles. The van der Waals surface area contributed by atoms with Gasteiger partial charge < -0.3 is 14.5 Å². The van der Waals surface area contributed by atoms with Gasteiger partial charge in [0.1, 0.15) is 5.75 Å². The van der Waals surface area contributed by atoms with Crippen LogP contribution in [0.3, 0.4) is 0 Å². The summed E-state index contributed by atoms with van der Waals surface area (Å²) >= 11 is 0. The Hall–Kier alpha value is -1.74. The summed E-state index contributed by atoms with van der Waals surface area (Å²) in [6.07, 6.45) is 3.45. The molecule has 1 aromatic heterocycles. The van der Waals surface area contributed by atoms with Gasteiger partial charge in [-0.1, -0.05) is 12.1 Å².